The number of para-hydroxylation sites is 1. The van der Waals surface area contributed by atoms with E-state index in [1.807, 2.05) is 0 Å². The second-order valence-corrected chi connectivity index (χ2v) is 6.24. The second-order valence-electron chi connectivity index (χ2n) is 6.24. The zero-order valence-corrected chi connectivity index (χ0v) is 15.4. The molecule has 0 aliphatic rings. The summed E-state index contributed by atoms with van der Waals surface area (Å²) < 4.78 is 77.9. The van der Waals surface area contributed by atoms with Crippen molar-refractivity contribution in [2.45, 2.75) is 31.8 Å². The minimum absolute atomic E-state index is 0.0758. The number of ether oxygens (including phenoxy) is 1. The zero-order valence-electron chi connectivity index (χ0n) is 15.4. The van der Waals surface area contributed by atoms with E-state index in [0.29, 0.717) is 5.69 Å². The van der Waals surface area contributed by atoms with E-state index in [-0.39, 0.29) is 6.54 Å². The SMILES string of the molecule is CC(CNC(=O)N(C)c1ccccc1)CC(=N)C(=O)OC(C(F)(F)F)C(F)(F)F. The second kappa shape index (κ2) is 9.61. The molecule has 0 saturated heterocycles. The Bertz CT molecular complexity index is 707. The molecule has 162 valence electrons. The topological polar surface area (TPSA) is 82.5 Å². The van der Waals surface area contributed by atoms with Crippen LogP contribution in [0.4, 0.5) is 36.8 Å². The molecule has 0 aliphatic carbocycles. The van der Waals surface area contributed by atoms with Gasteiger partial charge < -0.3 is 10.1 Å². The number of urea groups is 1. The van der Waals surface area contributed by atoms with Crippen molar-refractivity contribution in [3.05, 3.63) is 30.3 Å². The third-order valence-electron chi connectivity index (χ3n) is 3.67. The van der Waals surface area contributed by atoms with Crippen molar-refractivity contribution < 1.29 is 40.7 Å². The number of amides is 2. The Labute approximate surface area is 162 Å². The number of carbonyl (C=O) groups is 2. The van der Waals surface area contributed by atoms with Crippen LogP contribution in [0.3, 0.4) is 0 Å². The summed E-state index contributed by atoms with van der Waals surface area (Å²) in [5.41, 5.74) is -0.485. The standard InChI is InChI=1S/C17H19F6N3O3/c1-10(9-25-15(28)26(2)11-6-4-3-5-7-11)8-12(24)13(27)29-14(16(18,19)20)17(21,22)23/h3-7,10,14,24H,8-9H2,1-2H3,(H,25,28). The lowest BCUT2D eigenvalue weighted by Gasteiger charge is -2.23. The molecule has 1 rings (SSSR count). The van der Waals surface area contributed by atoms with Crippen LogP contribution in [0.1, 0.15) is 13.3 Å². The minimum atomic E-state index is -5.85. The molecule has 1 unspecified atom stereocenters. The molecule has 0 aliphatic heterocycles. The maximum absolute atomic E-state index is 12.4. The maximum Gasteiger partial charge on any atom is 0.434 e. The fourth-order valence-corrected chi connectivity index (χ4v) is 2.15. The van der Waals surface area contributed by atoms with Crippen LogP contribution < -0.4 is 10.2 Å². The van der Waals surface area contributed by atoms with E-state index < -0.39 is 48.5 Å². The van der Waals surface area contributed by atoms with Crippen LogP contribution in [-0.4, -0.2) is 49.8 Å². The lowest BCUT2D eigenvalue weighted by atomic mass is 10.0. The molecule has 0 aromatic heterocycles. The molecule has 6 nitrogen and oxygen atoms in total. The van der Waals surface area contributed by atoms with Gasteiger partial charge in [-0.15, -0.1) is 0 Å². The zero-order chi connectivity index (χ0) is 22.4. The van der Waals surface area contributed by atoms with E-state index in [1.165, 1.54) is 18.9 Å². The monoisotopic (exact) mass is 427 g/mol. The Morgan fingerprint density at radius 2 is 1.62 bits per heavy atom. The summed E-state index contributed by atoms with van der Waals surface area (Å²) in [6.45, 7) is 1.38. The van der Waals surface area contributed by atoms with E-state index >= 15 is 0 Å². The number of nitrogens with zero attached hydrogens (tertiary/aromatic N) is 1. The molecule has 0 radical (unpaired) electrons. The largest absolute Gasteiger partial charge is 0.438 e. The molecule has 1 aromatic rings. The average molecular weight is 427 g/mol. The van der Waals surface area contributed by atoms with E-state index in [2.05, 4.69) is 10.1 Å². The molecule has 0 fully saturated rings. The van der Waals surface area contributed by atoms with Gasteiger partial charge in [-0.3, -0.25) is 10.3 Å². The highest BCUT2D eigenvalue weighted by Gasteiger charge is 2.60. The molecule has 12 heteroatoms. The summed E-state index contributed by atoms with van der Waals surface area (Å²) in [6.07, 6.45) is -16.5. The van der Waals surface area contributed by atoms with Gasteiger partial charge in [0, 0.05) is 25.7 Å². The van der Waals surface area contributed by atoms with Gasteiger partial charge in [0.2, 0.25) is 0 Å². The van der Waals surface area contributed by atoms with Crippen molar-refractivity contribution in [2.75, 3.05) is 18.5 Å². The predicted molar refractivity (Wildman–Crippen MR) is 91.7 cm³/mol. The van der Waals surface area contributed by atoms with Crippen LogP contribution in [0.2, 0.25) is 0 Å². The fourth-order valence-electron chi connectivity index (χ4n) is 2.15. The first-order valence-electron chi connectivity index (χ1n) is 8.22. The predicted octanol–water partition coefficient (Wildman–Crippen LogP) is 3.91. The van der Waals surface area contributed by atoms with Crippen LogP contribution >= 0.6 is 0 Å². The van der Waals surface area contributed by atoms with Crippen molar-refractivity contribution in [2.24, 2.45) is 5.92 Å². The minimum Gasteiger partial charge on any atom is -0.438 e. The fraction of sp³-hybridized carbons (Fsp3) is 0.471. The summed E-state index contributed by atoms with van der Waals surface area (Å²) in [6, 6.07) is 8.00. The highest BCUT2D eigenvalue weighted by atomic mass is 19.4. The van der Waals surface area contributed by atoms with Gasteiger partial charge in [-0.25, -0.2) is 9.59 Å². The highest BCUT2D eigenvalue weighted by molar-refractivity contribution is 6.35. The number of carbonyl (C=O) groups excluding carboxylic acids is 2. The number of esters is 1. The average Bonchev–Trinajstić information content (AvgIpc) is 2.62. The van der Waals surface area contributed by atoms with E-state index in [1.54, 1.807) is 30.3 Å². The quantitative estimate of drug-likeness (QED) is 0.393. The molecule has 2 amide bonds. The van der Waals surface area contributed by atoms with Crippen LogP contribution in [-0.2, 0) is 9.53 Å². The molecule has 29 heavy (non-hydrogen) atoms. The van der Waals surface area contributed by atoms with Crippen LogP contribution in [0, 0.1) is 11.3 Å². The smallest absolute Gasteiger partial charge is 0.434 e. The number of rotatable bonds is 7. The number of benzene rings is 1. The van der Waals surface area contributed by atoms with Crippen molar-refractivity contribution >= 4 is 23.4 Å². The van der Waals surface area contributed by atoms with Crippen LogP contribution in [0.25, 0.3) is 0 Å². The van der Waals surface area contributed by atoms with E-state index in [4.69, 9.17) is 5.41 Å². The molecule has 1 atom stereocenters. The van der Waals surface area contributed by atoms with Gasteiger partial charge in [0.1, 0.15) is 5.71 Å². The van der Waals surface area contributed by atoms with Crippen molar-refractivity contribution in [3.8, 4) is 0 Å². The number of hydrogen-bond donors (Lipinski definition) is 2. The lowest BCUT2D eigenvalue weighted by Crippen LogP contribution is -2.46. The van der Waals surface area contributed by atoms with Crippen molar-refractivity contribution in [3.63, 3.8) is 0 Å². The van der Waals surface area contributed by atoms with Crippen LogP contribution in [0.15, 0.2) is 30.3 Å². The van der Waals surface area contributed by atoms with Gasteiger partial charge in [-0.1, -0.05) is 25.1 Å². The summed E-state index contributed by atoms with van der Waals surface area (Å²) >= 11 is 0. The molecule has 2 N–H and O–H groups in total. The molecular formula is C17H19F6N3O3. The first-order valence-corrected chi connectivity index (χ1v) is 8.22. The third-order valence-corrected chi connectivity index (χ3v) is 3.67. The molecule has 0 spiro atoms. The maximum atomic E-state index is 12.4. The Kier molecular flexibility index (Phi) is 8.04. The molecular weight excluding hydrogens is 408 g/mol. The van der Waals surface area contributed by atoms with E-state index in [9.17, 15) is 35.9 Å². The third kappa shape index (κ3) is 7.62. The molecule has 0 heterocycles. The first kappa shape index (κ1) is 24.2. The van der Waals surface area contributed by atoms with E-state index in [0.717, 1.165) is 0 Å². The summed E-state index contributed by atoms with van der Waals surface area (Å²) in [7, 11) is 1.49. The number of alkyl halides is 6. The highest BCUT2D eigenvalue weighted by Crippen LogP contribution is 2.35. The van der Waals surface area contributed by atoms with Crippen molar-refractivity contribution in [1.82, 2.24) is 5.32 Å². The molecule has 0 bridgehead atoms. The Morgan fingerprint density at radius 1 is 1.10 bits per heavy atom. The van der Waals surface area contributed by atoms with Crippen LogP contribution in [0.5, 0.6) is 0 Å². The van der Waals surface area contributed by atoms with Gasteiger partial charge in [0.25, 0.3) is 6.10 Å². The number of anilines is 1. The lowest BCUT2D eigenvalue weighted by molar-refractivity contribution is -0.311. The van der Waals surface area contributed by atoms with Gasteiger partial charge in [0.15, 0.2) is 0 Å². The molecule has 0 saturated carbocycles. The van der Waals surface area contributed by atoms with Gasteiger partial charge in [-0.05, 0) is 18.1 Å². The Hall–Kier alpha value is -2.79. The Morgan fingerprint density at radius 3 is 2.10 bits per heavy atom. The number of nitrogens with one attached hydrogen (secondary N) is 2. The van der Waals surface area contributed by atoms with Gasteiger partial charge in [0.05, 0.1) is 0 Å². The summed E-state index contributed by atoms with van der Waals surface area (Å²) in [5.74, 6) is -2.65. The van der Waals surface area contributed by atoms with Gasteiger partial charge in [-0.2, -0.15) is 26.3 Å². The Balaban J connectivity index is 2.56. The number of hydrogen-bond acceptors (Lipinski definition) is 4. The first-order chi connectivity index (χ1) is 13.2. The summed E-state index contributed by atoms with van der Waals surface area (Å²) in [5, 5.41) is 9.89. The summed E-state index contributed by atoms with van der Waals surface area (Å²) in [4.78, 5) is 24.8. The normalized spacial score (nSPS) is 13.0. The van der Waals surface area contributed by atoms with Gasteiger partial charge >= 0.3 is 24.4 Å². The molecule has 1 aromatic carbocycles. The number of halogens is 6. The van der Waals surface area contributed by atoms with Crippen molar-refractivity contribution in [1.29, 1.82) is 5.41 Å².